The molecule has 0 spiro atoms. The summed E-state index contributed by atoms with van der Waals surface area (Å²) in [5.41, 5.74) is 0.817. The quantitative estimate of drug-likeness (QED) is 0.847. The number of benzene rings is 1. The van der Waals surface area contributed by atoms with Crippen molar-refractivity contribution < 1.29 is 21.9 Å². The Morgan fingerprint density at radius 1 is 0.895 bits per heavy atom. The van der Waals surface area contributed by atoms with Gasteiger partial charge in [-0.15, -0.1) is 0 Å². The molecule has 2 atom stereocenters. The fourth-order valence-corrected chi connectivity index (χ4v) is 2.11. The molecular weight excluding hydrogens is 288 g/mol. The molecule has 0 radical (unpaired) electrons. The zero-order valence-corrected chi connectivity index (χ0v) is 11.2. The predicted molar refractivity (Wildman–Crippen MR) is 72.2 cm³/mol. The van der Waals surface area contributed by atoms with E-state index in [1.165, 1.54) is 6.07 Å². The van der Waals surface area contributed by atoms with Gasteiger partial charge in [0.15, 0.2) is 11.1 Å². The third-order valence-electron chi connectivity index (χ3n) is 2.30. The van der Waals surface area contributed by atoms with E-state index in [1.807, 2.05) is 0 Å². The van der Waals surface area contributed by atoms with Gasteiger partial charge in [-0.2, -0.15) is 0 Å². The molecule has 19 heavy (non-hydrogen) atoms. The minimum absolute atomic E-state index is 0.00863. The molecule has 0 aliphatic carbocycles. The molecule has 0 saturated heterocycles. The highest BCUT2D eigenvalue weighted by molar-refractivity contribution is 7.79. The summed E-state index contributed by atoms with van der Waals surface area (Å²) in [6, 6.07) is 9.48. The van der Waals surface area contributed by atoms with Crippen LogP contribution in [0.2, 0.25) is 0 Å². The first-order valence-electron chi connectivity index (χ1n) is 5.16. The normalized spacial score (nSPS) is 14.6. The lowest BCUT2D eigenvalue weighted by molar-refractivity contribution is 0.435. The molecule has 0 aliphatic rings. The van der Waals surface area contributed by atoms with Crippen LogP contribution in [-0.2, 0) is 22.2 Å². The van der Waals surface area contributed by atoms with E-state index < -0.39 is 22.2 Å². The number of rotatable bonds is 4. The van der Waals surface area contributed by atoms with Crippen molar-refractivity contribution in [2.75, 3.05) is 0 Å². The number of hydrogen-bond donors (Lipinski definition) is 2. The van der Waals surface area contributed by atoms with Crippen molar-refractivity contribution in [3.8, 4) is 0 Å². The second kappa shape index (κ2) is 6.07. The molecule has 0 aliphatic heterocycles. The van der Waals surface area contributed by atoms with Gasteiger partial charge in [0.25, 0.3) is 0 Å². The van der Waals surface area contributed by atoms with E-state index in [4.69, 9.17) is 13.5 Å². The van der Waals surface area contributed by atoms with Crippen LogP contribution in [0.5, 0.6) is 0 Å². The van der Waals surface area contributed by atoms with Crippen LogP contribution in [0.1, 0.15) is 11.3 Å². The molecule has 1 heterocycles. The van der Waals surface area contributed by atoms with Gasteiger partial charge in [-0.05, 0) is 35.9 Å². The predicted octanol–water partition coefficient (Wildman–Crippen LogP) is 2.61. The van der Waals surface area contributed by atoms with Gasteiger partial charge in [0.1, 0.15) is 5.76 Å². The third-order valence-corrected chi connectivity index (χ3v) is 3.54. The summed E-state index contributed by atoms with van der Waals surface area (Å²) < 4.78 is 44.3. The van der Waals surface area contributed by atoms with Gasteiger partial charge in [0.05, 0.1) is 4.90 Å². The van der Waals surface area contributed by atoms with Crippen LogP contribution in [0.15, 0.2) is 50.8 Å². The molecular formula is C12H10O5S2. The summed E-state index contributed by atoms with van der Waals surface area (Å²) in [6.45, 7) is 0. The van der Waals surface area contributed by atoms with Crippen LogP contribution in [0.3, 0.4) is 0 Å². The van der Waals surface area contributed by atoms with Gasteiger partial charge >= 0.3 is 0 Å². The van der Waals surface area contributed by atoms with Crippen molar-refractivity contribution in [3.05, 3.63) is 47.7 Å². The fourth-order valence-electron chi connectivity index (χ4n) is 1.39. The van der Waals surface area contributed by atoms with Crippen molar-refractivity contribution in [1.82, 2.24) is 0 Å². The summed E-state index contributed by atoms with van der Waals surface area (Å²) in [5.74, 6) is 0.451. The first-order chi connectivity index (χ1) is 9.06. The molecule has 2 N–H and O–H groups in total. The molecule has 100 valence electrons. The van der Waals surface area contributed by atoms with Crippen LogP contribution in [0.25, 0.3) is 12.2 Å². The molecule has 0 amide bonds. The van der Waals surface area contributed by atoms with Crippen molar-refractivity contribution in [3.63, 3.8) is 0 Å². The fraction of sp³-hybridized carbons (Fsp3) is 0. The first-order valence-corrected chi connectivity index (χ1v) is 7.37. The lowest BCUT2D eigenvalue weighted by atomic mass is 10.2. The maximum atomic E-state index is 10.8. The Balaban J connectivity index is 2.13. The first kappa shape index (κ1) is 13.9. The van der Waals surface area contributed by atoms with Crippen molar-refractivity contribution in [2.24, 2.45) is 0 Å². The van der Waals surface area contributed by atoms with Gasteiger partial charge in [-0.1, -0.05) is 18.2 Å². The van der Waals surface area contributed by atoms with Crippen LogP contribution in [0.4, 0.5) is 0 Å². The van der Waals surface area contributed by atoms with Crippen molar-refractivity contribution >= 4 is 34.3 Å². The topological polar surface area (TPSA) is 87.7 Å². The van der Waals surface area contributed by atoms with Crippen LogP contribution in [-0.4, -0.2) is 17.5 Å². The van der Waals surface area contributed by atoms with Gasteiger partial charge in [-0.3, -0.25) is 4.55 Å². The Kier molecular flexibility index (Phi) is 4.43. The van der Waals surface area contributed by atoms with E-state index in [1.54, 1.807) is 42.5 Å². The average Bonchev–Trinajstić information content (AvgIpc) is 2.86. The minimum Gasteiger partial charge on any atom is -0.445 e. The lowest BCUT2D eigenvalue weighted by Crippen LogP contribution is -1.86. The van der Waals surface area contributed by atoms with Crippen LogP contribution < -0.4 is 0 Å². The second-order valence-corrected chi connectivity index (χ2v) is 5.43. The Hall–Kier alpha value is -1.54. The molecule has 0 fully saturated rings. The molecule has 2 rings (SSSR count). The standard InChI is InChI=1S/C12H10O5S2/c13-18(14)11-6-2-9(3-7-11)1-4-10-5-8-12(17-10)19(15)16/h1-8H,(H,13,14)(H,15,16)/b4-1+. The van der Waals surface area contributed by atoms with Gasteiger partial charge in [0, 0.05) is 0 Å². The highest BCUT2D eigenvalue weighted by atomic mass is 32.2. The molecule has 1 aromatic heterocycles. The monoisotopic (exact) mass is 298 g/mol. The Bertz CT molecular complexity index is 642. The SMILES string of the molecule is O=S(O)c1ccc(/C=C/c2ccc(S(=O)O)o2)cc1. The highest BCUT2D eigenvalue weighted by Gasteiger charge is 2.04. The molecule has 2 unspecified atom stereocenters. The zero-order chi connectivity index (χ0) is 13.8. The van der Waals surface area contributed by atoms with Crippen molar-refractivity contribution in [1.29, 1.82) is 0 Å². The number of furan rings is 1. The summed E-state index contributed by atoms with van der Waals surface area (Å²) in [4.78, 5) is 0.327. The third kappa shape index (κ3) is 3.71. The molecule has 2 aromatic rings. The average molecular weight is 298 g/mol. The second-order valence-electron chi connectivity index (χ2n) is 3.56. The van der Waals surface area contributed by atoms with Crippen molar-refractivity contribution in [2.45, 2.75) is 9.99 Å². The maximum absolute atomic E-state index is 10.8. The molecule has 0 bridgehead atoms. The molecule has 5 nitrogen and oxygen atoms in total. The van der Waals surface area contributed by atoms with Gasteiger partial charge in [0.2, 0.25) is 16.2 Å². The van der Waals surface area contributed by atoms with Gasteiger partial charge in [-0.25, -0.2) is 8.42 Å². The summed E-state index contributed by atoms with van der Waals surface area (Å²) in [6.07, 6.45) is 3.37. The van der Waals surface area contributed by atoms with E-state index in [2.05, 4.69) is 0 Å². The highest BCUT2D eigenvalue weighted by Crippen LogP contribution is 2.15. The Morgan fingerprint density at radius 3 is 2.11 bits per heavy atom. The minimum atomic E-state index is -2.13. The smallest absolute Gasteiger partial charge is 0.223 e. The van der Waals surface area contributed by atoms with E-state index >= 15 is 0 Å². The summed E-state index contributed by atoms with van der Waals surface area (Å²) in [5, 5.41) is -0.00863. The van der Waals surface area contributed by atoms with Crippen LogP contribution >= 0.6 is 0 Å². The summed E-state index contributed by atoms with van der Waals surface area (Å²) >= 11 is -4.11. The van der Waals surface area contributed by atoms with Gasteiger partial charge < -0.3 is 8.97 Å². The maximum Gasteiger partial charge on any atom is 0.223 e. The molecule has 1 aromatic carbocycles. The van der Waals surface area contributed by atoms with E-state index in [0.717, 1.165) is 5.56 Å². The molecule has 7 heteroatoms. The van der Waals surface area contributed by atoms with E-state index in [-0.39, 0.29) is 5.09 Å². The van der Waals surface area contributed by atoms with E-state index in [0.29, 0.717) is 10.7 Å². The number of hydrogen-bond acceptors (Lipinski definition) is 3. The summed E-state index contributed by atoms with van der Waals surface area (Å²) in [7, 11) is 0. The largest absolute Gasteiger partial charge is 0.445 e. The Labute approximate surface area is 114 Å². The van der Waals surface area contributed by atoms with E-state index in [9.17, 15) is 8.42 Å². The lowest BCUT2D eigenvalue weighted by Gasteiger charge is -1.95. The van der Waals surface area contributed by atoms with Crippen LogP contribution in [0, 0.1) is 0 Å². The molecule has 0 saturated carbocycles. The zero-order valence-electron chi connectivity index (χ0n) is 9.55. The Morgan fingerprint density at radius 2 is 1.58 bits per heavy atom.